The van der Waals surface area contributed by atoms with E-state index in [0.29, 0.717) is 6.54 Å². The lowest BCUT2D eigenvalue weighted by Crippen LogP contribution is -2.40. The summed E-state index contributed by atoms with van der Waals surface area (Å²) >= 11 is 0. The van der Waals surface area contributed by atoms with Gasteiger partial charge in [0.05, 0.1) is 0 Å². The highest BCUT2D eigenvalue weighted by molar-refractivity contribution is 5.85. The van der Waals surface area contributed by atoms with Gasteiger partial charge in [-0.3, -0.25) is 9.78 Å². The molecule has 0 saturated heterocycles. The Morgan fingerprint density at radius 2 is 2.10 bits per heavy atom. The number of rotatable bonds is 4. The molecular weight excluding hydrogens is 274 g/mol. The van der Waals surface area contributed by atoms with Gasteiger partial charge in [0.25, 0.3) is 0 Å². The molecule has 0 aliphatic heterocycles. The zero-order valence-corrected chi connectivity index (χ0v) is 12.8. The summed E-state index contributed by atoms with van der Waals surface area (Å²) in [6.45, 7) is 3.44. The molecule has 2 atom stereocenters. The fourth-order valence-electron chi connectivity index (χ4n) is 2.76. The first-order chi connectivity index (χ1) is 9.20. The van der Waals surface area contributed by atoms with Crippen LogP contribution in [0.2, 0.25) is 0 Å². The van der Waals surface area contributed by atoms with Crippen molar-refractivity contribution in [2.75, 3.05) is 6.54 Å². The molecule has 1 aromatic rings. The van der Waals surface area contributed by atoms with Crippen molar-refractivity contribution in [2.24, 2.45) is 11.7 Å². The third kappa shape index (κ3) is 4.46. The van der Waals surface area contributed by atoms with E-state index < -0.39 is 0 Å². The van der Waals surface area contributed by atoms with Crippen LogP contribution >= 0.6 is 12.4 Å². The van der Waals surface area contributed by atoms with Crippen molar-refractivity contribution >= 4 is 18.3 Å². The largest absolute Gasteiger partial charge is 0.338 e. The monoisotopic (exact) mass is 297 g/mol. The van der Waals surface area contributed by atoms with Crippen molar-refractivity contribution in [1.82, 2.24) is 9.88 Å². The van der Waals surface area contributed by atoms with Gasteiger partial charge in [-0.05, 0) is 43.9 Å². The number of hydrogen-bond donors (Lipinski definition) is 1. The summed E-state index contributed by atoms with van der Waals surface area (Å²) in [4.78, 5) is 18.5. The number of amides is 1. The number of hydrogen-bond acceptors (Lipinski definition) is 3. The second kappa shape index (κ2) is 8.22. The summed E-state index contributed by atoms with van der Waals surface area (Å²) in [5.74, 6) is 0.375. The number of nitrogens with two attached hydrogens (primary N) is 1. The van der Waals surface area contributed by atoms with Crippen LogP contribution in [0.3, 0.4) is 0 Å². The fraction of sp³-hybridized carbons (Fsp3) is 0.600. The van der Waals surface area contributed by atoms with Crippen molar-refractivity contribution in [2.45, 2.75) is 45.2 Å². The average molecular weight is 298 g/mol. The Morgan fingerprint density at radius 3 is 2.70 bits per heavy atom. The van der Waals surface area contributed by atoms with Crippen molar-refractivity contribution < 1.29 is 4.79 Å². The predicted octanol–water partition coefficient (Wildman–Crippen LogP) is 2.37. The third-order valence-electron chi connectivity index (χ3n) is 3.88. The van der Waals surface area contributed by atoms with Gasteiger partial charge in [-0.1, -0.05) is 6.42 Å². The molecule has 0 radical (unpaired) electrons. The van der Waals surface area contributed by atoms with E-state index in [9.17, 15) is 4.79 Å². The average Bonchev–Trinajstić information content (AvgIpc) is 2.45. The summed E-state index contributed by atoms with van der Waals surface area (Å²) < 4.78 is 0. The first-order valence-corrected chi connectivity index (χ1v) is 7.14. The Bertz CT molecular complexity index is 413. The van der Waals surface area contributed by atoms with E-state index in [2.05, 4.69) is 4.98 Å². The van der Waals surface area contributed by atoms with Gasteiger partial charge in [0, 0.05) is 37.4 Å². The van der Waals surface area contributed by atoms with Gasteiger partial charge in [0.2, 0.25) is 5.91 Å². The minimum absolute atomic E-state index is 0. The molecule has 1 aliphatic rings. The summed E-state index contributed by atoms with van der Waals surface area (Å²) in [5, 5.41) is 0. The lowest BCUT2D eigenvalue weighted by Gasteiger charge is -2.31. The molecule has 4 nitrogen and oxygen atoms in total. The molecule has 20 heavy (non-hydrogen) atoms. The Kier molecular flexibility index (Phi) is 6.96. The van der Waals surface area contributed by atoms with E-state index in [1.165, 1.54) is 0 Å². The van der Waals surface area contributed by atoms with Crippen LogP contribution in [-0.4, -0.2) is 28.4 Å². The van der Waals surface area contributed by atoms with Crippen LogP contribution < -0.4 is 5.73 Å². The molecule has 0 aromatic carbocycles. The number of nitrogens with zero attached hydrogens (tertiary/aromatic N) is 2. The standard InChI is InChI=1S/C15H23N3O.ClH/c1-2-18(11-12-6-8-17-9-7-12)15(19)13-4-3-5-14(16)10-13;/h6-9,13-14H,2-5,10-11,16H2,1H3;1H. The minimum Gasteiger partial charge on any atom is -0.338 e. The van der Waals surface area contributed by atoms with E-state index in [1.54, 1.807) is 12.4 Å². The Hall–Kier alpha value is -1.13. The Morgan fingerprint density at radius 1 is 1.40 bits per heavy atom. The number of pyridine rings is 1. The molecule has 1 aliphatic carbocycles. The summed E-state index contributed by atoms with van der Waals surface area (Å²) in [6.07, 6.45) is 7.49. The third-order valence-corrected chi connectivity index (χ3v) is 3.88. The lowest BCUT2D eigenvalue weighted by atomic mass is 9.85. The van der Waals surface area contributed by atoms with Gasteiger partial charge in [-0.25, -0.2) is 0 Å². The molecule has 2 N–H and O–H groups in total. The van der Waals surface area contributed by atoms with Crippen LogP contribution in [0.25, 0.3) is 0 Å². The van der Waals surface area contributed by atoms with Crippen LogP contribution in [-0.2, 0) is 11.3 Å². The van der Waals surface area contributed by atoms with Gasteiger partial charge < -0.3 is 10.6 Å². The normalized spacial score (nSPS) is 21.9. The number of carbonyl (C=O) groups is 1. The van der Waals surface area contributed by atoms with E-state index in [-0.39, 0.29) is 30.3 Å². The van der Waals surface area contributed by atoms with Gasteiger partial charge in [-0.15, -0.1) is 12.4 Å². The number of halogens is 1. The quantitative estimate of drug-likeness (QED) is 0.928. The van der Waals surface area contributed by atoms with Gasteiger partial charge >= 0.3 is 0 Å². The molecule has 112 valence electrons. The molecule has 1 fully saturated rings. The Balaban J connectivity index is 0.00000200. The molecular formula is C15H24ClN3O. The zero-order chi connectivity index (χ0) is 13.7. The van der Waals surface area contributed by atoms with Crippen molar-refractivity contribution in [3.63, 3.8) is 0 Å². The maximum atomic E-state index is 12.5. The molecule has 5 heteroatoms. The zero-order valence-electron chi connectivity index (χ0n) is 12.0. The summed E-state index contributed by atoms with van der Waals surface area (Å²) in [5.41, 5.74) is 7.11. The smallest absolute Gasteiger partial charge is 0.226 e. The predicted molar refractivity (Wildman–Crippen MR) is 82.5 cm³/mol. The van der Waals surface area contributed by atoms with E-state index >= 15 is 0 Å². The summed E-state index contributed by atoms with van der Waals surface area (Å²) in [6, 6.07) is 4.12. The van der Waals surface area contributed by atoms with Crippen LogP contribution in [0.5, 0.6) is 0 Å². The second-order valence-electron chi connectivity index (χ2n) is 5.33. The van der Waals surface area contributed by atoms with Gasteiger partial charge in [0.15, 0.2) is 0 Å². The Labute approximate surface area is 127 Å². The van der Waals surface area contributed by atoms with Crippen LogP contribution in [0, 0.1) is 5.92 Å². The number of aromatic nitrogens is 1. The SMILES string of the molecule is CCN(Cc1ccncc1)C(=O)C1CCCC(N)C1.Cl. The van der Waals surface area contributed by atoms with Crippen molar-refractivity contribution in [3.05, 3.63) is 30.1 Å². The van der Waals surface area contributed by atoms with E-state index in [4.69, 9.17) is 5.73 Å². The molecule has 1 heterocycles. The van der Waals surface area contributed by atoms with E-state index in [1.807, 2.05) is 24.0 Å². The molecule has 2 unspecified atom stereocenters. The first kappa shape index (κ1) is 16.9. The number of carbonyl (C=O) groups excluding carboxylic acids is 1. The fourth-order valence-corrected chi connectivity index (χ4v) is 2.76. The van der Waals surface area contributed by atoms with Crippen molar-refractivity contribution in [3.8, 4) is 0 Å². The van der Waals surface area contributed by atoms with Crippen LogP contribution in [0.4, 0.5) is 0 Å². The maximum absolute atomic E-state index is 12.5. The second-order valence-corrected chi connectivity index (χ2v) is 5.33. The van der Waals surface area contributed by atoms with Crippen LogP contribution in [0.15, 0.2) is 24.5 Å². The maximum Gasteiger partial charge on any atom is 0.226 e. The van der Waals surface area contributed by atoms with Gasteiger partial charge in [0.1, 0.15) is 0 Å². The van der Waals surface area contributed by atoms with Crippen molar-refractivity contribution in [1.29, 1.82) is 0 Å². The van der Waals surface area contributed by atoms with Gasteiger partial charge in [-0.2, -0.15) is 0 Å². The molecule has 1 aromatic heterocycles. The topological polar surface area (TPSA) is 59.2 Å². The highest BCUT2D eigenvalue weighted by Gasteiger charge is 2.28. The highest BCUT2D eigenvalue weighted by atomic mass is 35.5. The first-order valence-electron chi connectivity index (χ1n) is 7.14. The van der Waals surface area contributed by atoms with E-state index in [0.717, 1.165) is 37.8 Å². The molecule has 2 rings (SSSR count). The molecule has 1 saturated carbocycles. The summed E-state index contributed by atoms with van der Waals surface area (Å²) in [7, 11) is 0. The molecule has 0 spiro atoms. The highest BCUT2D eigenvalue weighted by Crippen LogP contribution is 2.25. The van der Waals surface area contributed by atoms with Crippen LogP contribution in [0.1, 0.15) is 38.2 Å². The lowest BCUT2D eigenvalue weighted by molar-refractivity contribution is -0.137. The minimum atomic E-state index is 0. The molecule has 0 bridgehead atoms. The molecule has 1 amide bonds.